The van der Waals surface area contributed by atoms with Gasteiger partial charge in [-0.1, -0.05) is 42.5 Å². The minimum absolute atomic E-state index is 0.0369. The first-order chi connectivity index (χ1) is 16.4. The molecule has 0 aromatic heterocycles. The molecule has 0 spiro atoms. The molecule has 3 aromatic rings. The van der Waals surface area contributed by atoms with Gasteiger partial charge in [-0.3, -0.25) is 40.2 Å². The van der Waals surface area contributed by atoms with E-state index in [9.17, 15) is 24.5 Å². The number of hydrogen-bond donors (Lipinski definition) is 2. The third-order valence-corrected chi connectivity index (χ3v) is 5.68. The van der Waals surface area contributed by atoms with Crippen LogP contribution in [0.2, 0.25) is 0 Å². The molecule has 174 valence electrons. The van der Waals surface area contributed by atoms with E-state index >= 15 is 0 Å². The summed E-state index contributed by atoms with van der Waals surface area (Å²) in [5, 5.41) is 12.8. The van der Waals surface area contributed by atoms with Crippen molar-refractivity contribution >= 4 is 34.2 Å². The SMILES string of the molecule is O=C(CN1CCN(C(=O)c2cccc3ccccc23)CC1)NNC(=O)c1cccc([N+](=O)[O-])c1. The highest BCUT2D eigenvalue weighted by Crippen LogP contribution is 2.20. The van der Waals surface area contributed by atoms with Crippen LogP contribution in [0.4, 0.5) is 5.69 Å². The Morgan fingerprint density at radius 1 is 0.882 bits per heavy atom. The summed E-state index contributed by atoms with van der Waals surface area (Å²) >= 11 is 0. The lowest BCUT2D eigenvalue weighted by Gasteiger charge is -2.34. The van der Waals surface area contributed by atoms with Gasteiger partial charge in [-0.25, -0.2) is 0 Å². The van der Waals surface area contributed by atoms with Gasteiger partial charge in [-0.05, 0) is 22.9 Å². The number of amides is 3. The van der Waals surface area contributed by atoms with Gasteiger partial charge in [0.15, 0.2) is 0 Å². The molecule has 3 amide bonds. The summed E-state index contributed by atoms with van der Waals surface area (Å²) in [4.78, 5) is 51.4. The summed E-state index contributed by atoms with van der Waals surface area (Å²) in [6, 6.07) is 18.7. The zero-order valence-electron chi connectivity index (χ0n) is 18.3. The normalized spacial score (nSPS) is 13.9. The van der Waals surface area contributed by atoms with Crippen LogP contribution in [0.5, 0.6) is 0 Å². The number of fused-ring (bicyclic) bond motifs is 1. The van der Waals surface area contributed by atoms with Crippen LogP contribution < -0.4 is 10.9 Å². The Bertz CT molecular complexity index is 1250. The molecule has 0 unspecified atom stereocenters. The van der Waals surface area contributed by atoms with Crippen molar-refractivity contribution in [2.75, 3.05) is 32.7 Å². The molecule has 1 fully saturated rings. The van der Waals surface area contributed by atoms with Crippen molar-refractivity contribution in [3.05, 3.63) is 88.0 Å². The molecule has 0 atom stereocenters. The summed E-state index contributed by atoms with van der Waals surface area (Å²) in [6.07, 6.45) is 0. The lowest BCUT2D eigenvalue weighted by Crippen LogP contribution is -2.53. The molecule has 0 radical (unpaired) electrons. The Labute approximate surface area is 195 Å². The molecule has 1 aliphatic heterocycles. The van der Waals surface area contributed by atoms with Crippen molar-refractivity contribution in [1.29, 1.82) is 0 Å². The Hall–Kier alpha value is -4.31. The highest BCUT2D eigenvalue weighted by molar-refractivity contribution is 6.07. The number of carbonyl (C=O) groups is 3. The minimum Gasteiger partial charge on any atom is -0.336 e. The average Bonchev–Trinajstić information content (AvgIpc) is 2.87. The Kier molecular flexibility index (Phi) is 6.79. The number of piperazine rings is 1. The van der Waals surface area contributed by atoms with E-state index in [0.29, 0.717) is 31.7 Å². The van der Waals surface area contributed by atoms with Crippen molar-refractivity contribution in [1.82, 2.24) is 20.7 Å². The second kappa shape index (κ2) is 10.1. The molecule has 3 aromatic carbocycles. The monoisotopic (exact) mass is 461 g/mol. The Morgan fingerprint density at radius 3 is 2.35 bits per heavy atom. The predicted molar refractivity (Wildman–Crippen MR) is 125 cm³/mol. The van der Waals surface area contributed by atoms with Crippen molar-refractivity contribution in [3.63, 3.8) is 0 Å². The van der Waals surface area contributed by atoms with Crippen LogP contribution in [0.1, 0.15) is 20.7 Å². The van der Waals surface area contributed by atoms with Crippen LogP contribution >= 0.6 is 0 Å². The molecule has 1 saturated heterocycles. The average molecular weight is 461 g/mol. The fraction of sp³-hybridized carbons (Fsp3) is 0.208. The van der Waals surface area contributed by atoms with Crippen molar-refractivity contribution in [2.24, 2.45) is 0 Å². The van der Waals surface area contributed by atoms with Gasteiger partial charge in [0.2, 0.25) is 0 Å². The predicted octanol–water partition coefficient (Wildman–Crippen LogP) is 1.97. The highest BCUT2D eigenvalue weighted by Gasteiger charge is 2.24. The molecular formula is C24H23N5O5. The fourth-order valence-corrected chi connectivity index (χ4v) is 3.89. The van der Waals surface area contributed by atoms with Gasteiger partial charge in [0.05, 0.1) is 11.5 Å². The first-order valence-electron chi connectivity index (χ1n) is 10.8. The van der Waals surface area contributed by atoms with Crippen LogP contribution in [0.25, 0.3) is 10.8 Å². The minimum atomic E-state index is -0.650. The van der Waals surface area contributed by atoms with Gasteiger partial charge in [-0.2, -0.15) is 0 Å². The van der Waals surface area contributed by atoms with E-state index in [1.165, 1.54) is 18.2 Å². The summed E-state index contributed by atoms with van der Waals surface area (Å²) in [7, 11) is 0. The molecule has 34 heavy (non-hydrogen) atoms. The number of non-ortho nitro benzene ring substituents is 1. The number of nitro benzene ring substituents is 1. The summed E-state index contributed by atoms with van der Waals surface area (Å²) in [5.74, 6) is -1.11. The Balaban J connectivity index is 1.26. The van der Waals surface area contributed by atoms with Crippen molar-refractivity contribution in [3.8, 4) is 0 Å². The van der Waals surface area contributed by atoms with Crippen molar-refractivity contribution < 1.29 is 19.3 Å². The Morgan fingerprint density at radius 2 is 1.59 bits per heavy atom. The largest absolute Gasteiger partial charge is 0.336 e. The highest BCUT2D eigenvalue weighted by atomic mass is 16.6. The fourth-order valence-electron chi connectivity index (χ4n) is 3.89. The number of hydrazine groups is 1. The van der Waals surface area contributed by atoms with Gasteiger partial charge in [0.25, 0.3) is 23.4 Å². The standard InChI is InChI=1S/C24H23N5O5/c30-22(25-26-23(31)18-7-3-8-19(15-18)29(33)34)16-27-11-13-28(14-12-27)24(32)21-10-4-6-17-5-1-2-9-20(17)21/h1-10,15H,11-14,16H2,(H,25,30)(H,26,31). The number of nitrogens with zero attached hydrogens (tertiary/aromatic N) is 3. The first kappa shape index (κ1) is 22.9. The zero-order chi connectivity index (χ0) is 24.1. The second-order valence-electron chi connectivity index (χ2n) is 7.90. The first-order valence-corrected chi connectivity index (χ1v) is 10.8. The number of rotatable bonds is 5. The van der Waals surface area contributed by atoms with E-state index in [-0.39, 0.29) is 23.7 Å². The number of nitrogens with one attached hydrogen (secondary N) is 2. The van der Waals surface area contributed by atoms with Gasteiger partial charge in [0.1, 0.15) is 0 Å². The number of nitro groups is 1. The topological polar surface area (TPSA) is 125 Å². The summed E-state index contributed by atoms with van der Waals surface area (Å²) in [5.41, 5.74) is 5.11. The van der Waals surface area contributed by atoms with Gasteiger partial charge in [-0.15, -0.1) is 0 Å². The molecule has 1 heterocycles. The van der Waals surface area contributed by atoms with E-state index in [4.69, 9.17) is 0 Å². The smallest absolute Gasteiger partial charge is 0.270 e. The van der Waals surface area contributed by atoms with Crippen LogP contribution in [-0.2, 0) is 4.79 Å². The molecule has 10 nitrogen and oxygen atoms in total. The lowest BCUT2D eigenvalue weighted by atomic mass is 10.0. The van der Waals surface area contributed by atoms with E-state index in [1.54, 1.807) is 4.90 Å². The van der Waals surface area contributed by atoms with Crippen molar-refractivity contribution in [2.45, 2.75) is 0 Å². The molecule has 10 heteroatoms. The molecular weight excluding hydrogens is 438 g/mol. The van der Waals surface area contributed by atoms with Gasteiger partial charge < -0.3 is 4.90 Å². The maximum absolute atomic E-state index is 13.1. The maximum Gasteiger partial charge on any atom is 0.270 e. The molecule has 2 N–H and O–H groups in total. The number of benzene rings is 3. The molecule has 0 bridgehead atoms. The maximum atomic E-state index is 13.1. The van der Waals surface area contributed by atoms with Crippen LogP contribution in [0.3, 0.4) is 0 Å². The third kappa shape index (κ3) is 5.18. The van der Waals surface area contributed by atoms with E-state index in [0.717, 1.165) is 16.8 Å². The molecule has 0 aliphatic carbocycles. The summed E-state index contributed by atoms with van der Waals surface area (Å²) in [6.45, 7) is 2.04. The van der Waals surface area contributed by atoms with E-state index < -0.39 is 16.7 Å². The number of hydrogen-bond acceptors (Lipinski definition) is 6. The van der Waals surface area contributed by atoms with Crippen LogP contribution in [-0.4, -0.2) is 65.2 Å². The van der Waals surface area contributed by atoms with Gasteiger partial charge in [0, 0.05) is 49.4 Å². The lowest BCUT2D eigenvalue weighted by molar-refractivity contribution is -0.384. The van der Waals surface area contributed by atoms with E-state index in [1.807, 2.05) is 47.4 Å². The molecule has 4 rings (SSSR count). The quantitative estimate of drug-likeness (QED) is 0.442. The van der Waals surface area contributed by atoms with Gasteiger partial charge >= 0.3 is 0 Å². The zero-order valence-corrected chi connectivity index (χ0v) is 18.3. The second-order valence-corrected chi connectivity index (χ2v) is 7.90. The third-order valence-electron chi connectivity index (χ3n) is 5.68. The van der Waals surface area contributed by atoms with Crippen LogP contribution in [0, 0.1) is 10.1 Å². The summed E-state index contributed by atoms with van der Waals surface area (Å²) < 4.78 is 0. The van der Waals surface area contributed by atoms with E-state index in [2.05, 4.69) is 10.9 Å². The molecule has 1 aliphatic rings. The van der Waals surface area contributed by atoms with Crippen LogP contribution in [0.15, 0.2) is 66.7 Å². The number of carbonyl (C=O) groups excluding carboxylic acids is 3. The molecule has 0 saturated carbocycles.